The van der Waals surface area contributed by atoms with Crippen LogP contribution in [-0.2, 0) is 17.8 Å². The van der Waals surface area contributed by atoms with Gasteiger partial charge in [0.1, 0.15) is 18.2 Å². The van der Waals surface area contributed by atoms with Crippen molar-refractivity contribution in [3.8, 4) is 17.8 Å². The van der Waals surface area contributed by atoms with Crippen LogP contribution in [0.25, 0.3) is 5.69 Å². The Labute approximate surface area is 156 Å². The first-order chi connectivity index (χ1) is 13.2. The molecule has 7 heteroatoms. The van der Waals surface area contributed by atoms with Crippen molar-refractivity contribution in [3.05, 3.63) is 77.5 Å². The maximum absolute atomic E-state index is 12.3. The van der Waals surface area contributed by atoms with Gasteiger partial charge in [0.05, 0.1) is 23.9 Å². The van der Waals surface area contributed by atoms with E-state index in [0.717, 1.165) is 5.56 Å². The van der Waals surface area contributed by atoms with E-state index in [1.54, 1.807) is 12.1 Å². The third kappa shape index (κ3) is 4.12. The average Bonchev–Trinajstić information content (AvgIpc) is 3.05. The van der Waals surface area contributed by atoms with Gasteiger partial charge in [-0.25, -0.2) is 9.48 Å². The Kier molecular flexibility index (Phi) is 5.46. The molecule has 0 spiro atoms. The molecule has 0 aliphatic rings. The van der Waals surface area contributed by atoms with Crippen LogP contribution in [0.1, 0.15) is 16.8 Å². The largest absolute Gasteiger partial charge is 0.444 e. The summed E-state index contributed by atoms with van der Waals surface area (Å²) < 4.78 is 6.65. The molecule has 0 saturated heterocycles. The molecule has 0 unspecified atom stereocenters. The summed E-state index contributed by atoms with van der Waals surface area (Å²) in [5, 5.41) is 25.4. The van der Waals surface area contributed by atoms with Crippen LogP contribution >= 0.6 is 0 Å². The number of benzene rings is 2. The van der Waals surface area contributed by atoms with E-state index in [9.17, 15) is 10.1 Å². The van der Waals surface area contributed by atoms with Gasteiger partial charge in [0.2, 0.25) is 0 Å². The standard InChI is InChI=1S/C20H15N5O2/c21-12-11-18-17(13-22)19(25(24-18)16-9-5-2-6-10-16)23-20(26)27-14-15-7-3-1-4-8-15/h1-10H,11,14H2,(H,23,26). The van der Waals surface area contributed by atoms with E-state index in [1.165, 1.54) is 4.68 Å². The molecule has 27 heavy (non-hydrogen) atoms. The van der Waals surface area contributed by atoms with Crippen molar-refractivity contribution in [2.75, 3.05) is 5.32 Å². The summed E-state index contributed by atoms with van der Waals surface area (Å²) in [4.78, 5) is 12.3. The van der Waals surface area contributed by atoms with Crippen LogP contribution in [-0.4, -0.2) is 15.9 Å². The molecular weight excluding hydrogens is 342 g/mol. The van der Waals surface area contributed by atoms with Crippen molar-refractivity contribution < 1.29 is 9.53 Å². The van der Waals surface area contributed by atoms with Gasteiger partial charge in [-0.05, 0) is 17.7 Å². The topological polar surface area (TPSA) is 104 Å². The van der Waals surface area contributed by atoms with Gasteiger partial charge in [-0.2, -0.15) is 15.6 Å². The number of carbonyl (C=O) groups excluding carboxylic acids is 1. The average molecular weight is 357 g/mol. The van der Waals surface area contributed by atoms with Gasteiger partial charge >= 0.3 is 6.09 Å². The molecule has 0 aliphatic heterocycles. The summed E-state index contributed by atoms with van der Waals surface area (Å²) >= 11 is 0. The molecule has 0 aliphatic carbocycles. The summed E-state index contributed by atoms with van der Waals surface area (Å²) in [6, 6.07) is 22.3. The number of nitrogens with one attached hydrogen (secondary N) is 1. The van der Waals surface area contributed by atoms with Crippen LogP contribution in [0.15, 0.2) is 60.7 Å². The molecule has 1 amide bonds. The highest BCUT2D eigenvalue weighted by Crippen LogP contribution is 2.24. The first-order valence-electron chi connectivity index (χ1n) is 8.15. The summed E-state index contributed by atoms with van der Waals surface area (Å²) in [7, 11) is 0. The minimum atomic E-state index is -0.712. The van der Waals surface area contributed by atoms with Gasteiger partial charge < -0.3 is 4.74 Å². The second-order valence-corrected chi connectivity index (χ2v) is 5.55. The summed E-state index contributed by atoms with van der Waals surface area (Å²) in [5.74, 6) is 0.173. The number of nitrogens with zero attached hydrogens (tertiary/aromatic N) is 4. The fourth-order valence-electron chi connectivity index (χ4n) is 2.51. The number of aromatic nitrogens is 2. The lowest BCUT2D eigenvalue weighted by Crippen LogP contribution is -2.17. The Bertz CT molecular complexity index is 1010. The summed E-state index contributed by atoms with van der Waals surface area (Å²) in [6.07, 6.45) is -0.757. The Balaban J connectivity index is 1.87. The lowest BCUT2D eigenvalue weighted by Gasteiger charge is -2.10. The van der Waals surface area contributed by atoms with Crippen molar-refractivity contribution in [2.45, 2.75) is 13.0 Å². The highest BCUT2D eigenvalue weighted by Gasteiger charge is 2.21. The van der Waals surface area contributed by atoms with Crippen molar-refractivity contribution in [3.63, 3.8) is 0 Å². The van der Waals surface area contributed by atoms with Crippen LogP contribution in [0, 0.1) is 22.7 Å². The van der Waals surface area contributed by atoms with E-state index in [4.69, 9.17) is 10.00 Å². The third-order valence-electron chi connectivity index (χ3n) is 3.75. The Morgan fingerprint density at radius 3 is 2.37 bits per heavy atom. The second-order valence-electron chi connectivity index (χ2n) is 5.55. The number of anilines is 1. The minimum absolute atomic E-state index is 0.0452. The maximum Gasteiger partial charge on any atom is 0.413 e. The fourth-order valence-corrected chi connectivity index (χ4v) is 2.51. The van der Waals surface area contributed by atoms with Gasteiger partial charge in [-0.15, -0.1) is 0 Å². The molecule has 1 aromatic heterocycles. The Morgan fingerprint density at radius 2 is 1.74 bits per heavy atom. The number of ether oxygens (including phenoxy) is 1. The Hall–Kier alpha value is -4.10. The molecule has 1 heterocycles. The molecule has 3 aromatic rings. The number of amides is 1. The molecule has 0 atom stereocenters. The van der Waals surface area contributed by atoms with Gasteiger partial charge in [-0.1, -0.05) is 48.5 Å². The highest BCUT2D eigenvalue weighted by atomic mass is 16.5. The summed E-state index contributed by atoms with van der Waals surface area (Å²) in [5.41, 5.74) is 1.92. The lowest BCUT2D eigenvalue weighted by atomic mass is 10.2. The van der Waals surface area contributed by atoms with Crippen molar-refractivity contribution in [1.82, 2.24) is 9.78 Å². The van der Waals surface area contributed by atoms with E-state index in [-0.39, 0.29) is 24.4 Å². The van der Waals surface area contributed by atoms with E-state index < -0.39 is 6.09 Å². The first-order valence-corrected chi connectivity index (χ1v) is 8.15. The summed E-state index contributed by atoms with van der Waals surface area (Å²) in [6.45, 7) is 0.0963. The van der Waals surface area contributed by atoms with Crippen LogP contribution in [0.4, 0.5) is 10.6 Å². The van der Waals surface area contributed by atoms with Crippen molar-refractivity contribution in [2.24, 2.45) is 0 Å². The molecule has 7 nitrogen and oxygen atoms in total. The van der Waals surface area contributed by atoms with Crippen molar-refractivity contribution in [1.29, 1.82) is 10.5 Å². The van der Waals surface area contributed by atoms with Gasteiger partial charge in [0.25, 0.3) is 0 Å². The molecule has 0 radical (unpaired) electrons. The number of para-hydroxylation sites is 1. The van der Waals surface area contributed by atoms with Crippen LogP contribution in [0.5, 0.6) is 0 Å². The van der Waals surface area contributed by atoms with Crippen LogP contribution in [0.3, 0.4) is 0 Å². The van der Waals surface area contributed by atoms with Gasteiger partial charge in [0.15, 0.2) is 5.82 Å². The quantitative estimate of drug-likeness (QED) is 0.752. The lowest BCUT2D eigenvalue weighted by molar-refractivity contribution is 0.155. The zero-order valence-electron chi connectivity index (χ0n) is 14.3. The molecule has 2 aromatic carbocycles. The number of carbonyl (C=O) groups is 1. The molecule has 1 N–H and O–H groups in total. The van der Waals surface area contributed by atoms with E-state index in [2.05, 4.69) is 10.4 Å². The third-order valence-corrected chi connectivity index (χ3v) is 3.75. The molecule has 0 fully saturated rings. The second kappa shape index (κ2) is 8.32. The van der Waals surface area contributed by atoms with E-state index in [1.807, 2.05) is 60.7 Å². The molecule has 0 bridgehead atoms. The number of hydrogen-bond acceptors (Lipinski definition) is 5. The smallest absolute Gasteiger partial charge is 0.413 e. The zero-order valence-corrected chi connectivity index (χ0v) is 14.3. The monoisotopic (exact) mass is 357 g/mol. The fraction of sp³-hybridized carbons (Fsp3) is 0.100. The first kappa shape index (κ1) is 17.7. The maximum atomic E-state index is 12.3. The minimum Gasteiger partial charge on any atom is -0.444 e. The van der Waals surface area contributed by atoms with Gasteiger partial charge in [-0.3, -0.25) is 5.32 Å². The number of rotatable bonds is 5. The SMILES string of the molecule is N#CCc1nn(-c2ccccc2)c(NC(=O)OCc2ccccc2)c1C#N. The number of nitriles is 2. The van der Waals surface area contributed by atoms with Gasteiger partial charge in [0, 0.05) is 0 Å². The predicted octanol–water partition coefficient (Wildman–Crippen LogP) is 3.56. The van der Waals surface area contributed by atoms with Crippen LogP contribution in [0.2, 0.25) is 0 Å². The molecule has 3 rings (SSSR count). The van der Waals surface area contributed by atoms with E-state index >= 15 is 0 Å². The number of hydrogen-bond donors (Lipinski definition) is 1. The zero-order chi connectivity index (χ0) is 19.1. The normalized spacial score (nSPS) is 9.85. The molecule has 0 saturated carbocycles. The highest BCUT2D eigenvalue weighted by molar-refractivity contribution is 5.86. The molecular formula is C20H15N5O2. The van der Waals surface area contributed by atoms with E-state index in [0.29, 0.717) is 11.4 Å². The predicted molar refractivity (Wildman–Crippen MR) is 97.8 cm³/mol. The molecule has 132 valence electrons. The van der Waals surface area contributed by atoms with Crippen LogP contribution < -0.4 is 5.32 Å². The Morgan fingerprint density at radius 1 is 1.07 bits per heavy atom. The van der Waals surface area contributed by atoms with Crippen molar-refractivity contribution >= 4 is 11.9 Å².